The van der Waals surface area contributed by atoms with Crippen LogP contribution < -0.4 is 9.47 Å². The van der Waals surface area contributed by atoms with Gasteiger partial charge in [0.25, 0.3) is 0 Å². The average Bonchev–Trinajstić information content (AvgIpc) is 2.90. The zero-order valence-corrected chi connectivity index (χ0v) is 22.9. The minimum atomic E-state index is -0.391. The largest absolute Gasteiger partial charge is 0.490 e. The normalized spacial score (nSPS) is 17.9. The number of rotatable bonds is 8. The van der Waals surface area contributed by atoms with Crippen LogP contribution in [0.5, 0.6) is 11.5 Å². The molecule has 2 aromatic rings. The molecule has 0 atom stereocenters. The van der Waals surface area contributed by atoms with Crippen molar-refractivity contribution in [2.24, 2.45) is 0 Å². The van der Waals surface area contributed by atoms with Gasteiger partial charge in [-0.1, -0.05) is 41.9 Å². The molecule has 0 spiro atoms. The number of hydrogen-bond donors (Lipinski definition) is 0. The summed E-state index contributed by atoms with van der Waals surface area (Å²) in [6, 6.07) is 11.6. The summed E-state index contributed by atoms with van der Waals surface area (Å²) in [5.41, 5.74) is 6.33. The minimum absolute atomic E-state index is 0.135. The van der Waals surface area contributed by atoms with E-state index in [0.717, 1.165) is 64.9 Å². The Morgan fingerprint density at radius 3 is 2.24 bits per heavy atom. The number of benzene rings is 2. The second-order valence-electron chi connectivity index (χ2n) is 10.1. The fraction of sp³-hybridized carbons (Fsp3) is 0.375. The number of ketones is 2. The highest BCUT2D eigenvalue weighted by Gasteiger charge is 2.42. The summed E-state index contributed by atoms with van der Waals surface area (Å²) in [4.78, 5) is 29.0. The Labute approximate surface area is 229 Å². The third kappa shape index (κ3) is 4.80. The molecule has 0 radical (unpaired) electrons. The maximum absolute atomic E-state index is 13.4. The van der Waals surface area contributed by atoms with Crippen molar-refractivity contribution in [3.8, 4) is 11.5 Å². The zero-order valence-electron chi connectivity index (χ0n) is 22.1. The van der Waals surface area contributed by atoms with Gasteiger partial charge in [-0.3, -0.25) is 9.59 Å². The topological polar surface area (TPSA) is 55.8 Å². The van der Waals surface area contributed by atoms with Gasteiger partial charge in [-0.25, -0.2) is 0 Å². The molecule has 0 saturated carbocycles. The Kier molecular flexibility index (Phi) is 7.75. The van der Waals surface area contributed by atoms with Crippen molar-refractivity contribution >= 4 is 23.2 Å². The van der Waals surface area contributed by atoms with E-state index < -0.39 is 5.92 Å². The van der Waals surface area contributed by atoms with Gasteiger partial charge >= 0.3 is 0 Å². The molecule has 0 aromatic heterocycles. The van der Waals surface area contributed by atoms with Gasteiger partial charge in [0.05, 0.1) is 6.61 Å². The van der Waals surface area contributed by atoms with Crippen LogP contribution in [0, 0.1) is 0 Å². The van der Waals surface area contributed by atoms with E-state index in [1.807, 2.05) is 50.4 Å². The Morgan fingerprint density at radius 2 is 1.63 bits per heavy atom. The smallest absolute Gasteiger partial charge is 0.165 e. The molecule has 0 unspecified atom stereocenters. The molecule has 2 aromatic carbocycles. The van der Waals surface area contributed by atoms with Crippen LogP contribution in [0.2, 0.25) is 5.02 Å². The summed E-state index contributed by atoms with van der Waals surface area (Å²) in [5, 5.41) is 0.643. The van der Waals surface area contributed by atoms with E-state index in [2.05, 4.69) is 17.5 Å². The molecular weight excluding hydrogens is 498 g/mol. The highest BCUT2D eigenvalue weighted by atomic mass is 35.5. The molecule has 0 fully saturated rings. The van der Waals surface area contributed by atoms with Crippen molar-refractivity contribution in [3.63, 3.8) is 0 Å². The molecule has 0 amide bonds. The molecule has 6 heteroatoms. The molecule has 2 aliphatic carbocycles. The molecule has 0 saturated heterocycles. The molecule has 1 aliphatic heterocycles. The van der Waals surface area contributed by atoms with Crippen molar-refractivity contribution in [1.82, 2.24) is 4.90 Å². The molecule has 0 N–H and O–H groups in total. The number of ether oxygens (including phenoxy) is 2. The van der Waals surface area contributed by atoms with Crippen LogP contribution in [0.4, 0.5) is 0 Å². The van der Waals surface area contributed by atoms with Gasteiger partial charge in [0, 0.05) is 64.5 Å². The number of allylic oxidation sites excluding steroid dienone is 5. The molecule has 1 heterocycles. The summed E-state index contributed by atoms with van der Waals surface area (Å²) >= 11 is 6.38. The number of nitrogens with zero attached hydrogens (tertiary/aromatic N) is 1. The number of carbonyl (C=O) groups excluding carboxylic acids is 2. The maximum atomic E-state index is 13.4. The monoisotopic (exact) mass is 531 g/mol. The van der Waals surface area contributed by atoms with Gasteiger partial charge in [-0.15, -0.1) is 6.58 Å². The van der Waals surface area contributed by atoms with E-state index >= 15 is 0 Å². The van der Waals surface area contributed by atoms with Gasteiger partial charge in [0.15, 0.2) is 23.1 Å². The lowest BCUT2D eigenvalue weighted by molar-refractivity contribution is -0.117. The predicted molar refractivity (Wildman–Crippen MR) is 150 cm³/mol. The number of halogens is 1. The van der Waals surface area contributed by atoms with Crippen LogP contribution in [-0.2, 0) is 22.6 Å². The number of hydrogen-bond acceptors (Lipinski definition) is 5. The summed E-state index contributed by atoms with van der Waals surface area (Å²) in [7, 11) is 2.01. The van der Waals surface area contributed by atoms with Gasteiger partial charge in [-0.2, -0.15) is 0 Å². The second kappa shape index (κ2) is 11.2. The second-order valence-corrected chi connectivity index (χ2v) is 10.5. The third-order valence-electron chi connectivity index (χ3n) is 7.73. The van der Waals surface area contributed by atoms with Crippen molar-refractivity contribution in [3.05, 3.63) is 93.3 Å². The first kappa shape index (κ1) is 26.3. The highest BCUT2D eigenvalue weighted by molar-refractivity contribution is 6.31. The van der Waals surface area contributed by atoms with Crippen LogP contribution in [0.25, 0.3) is 0 Å². The van der Waals surface area contributed by atoms with Gasteiger partial charge in [0.2, 0.25) is 0 Å². The molecule has 0 bridgehead atoms. The Morgan fingerprint density at radius 1 is 0.974 bits per heavy atom. The van der Waals surface area contributed by atoms with E-state index in [1.54, 1.807) is 0 Å². The predicted octanol–water partition coefficient (Wildman–Crippen LogP) is 7.09. The summed E-state index contributed by atoms with van der Waals surface area (Å²) < 4.78 is 12.4. The lowest BCUT2D eigenvalue weighted by Crippen LogP contribution is -2.37. The van der Waals surface area contributed by atoms with E-state index in [-0.39, 0.29) is 11.6 Å². The summed E-state index contributed by atoms with van der Waals surface area (Å²) in [6.45, 7) is 6.64. The van der Waals surface area contributed by atoms with Crippen LogP contribution in [0.3, 0.4) is 0 Å². The molecule has 3 aliphatic rings. The van der Waals surface area contributed by atoms with Crippen molar-refractivity contribution < 1.29 is 19.1 Å². The van der Waals surface area contributed by atoms with Crippen LogP contribution in [0.15, 0.2) is 71.6 Å². The van der Waals surface area contributed by atoms with Crippen molar-refractivity contribution in [2.45, 2.75) is 64.4 Å². The molecular formula is C32H34ClNO4. The van der Waals surface area contributed by atoms with Gasteiger partial charge in [0.1, 0.15) is 6.61 Å². The molecule has 5 rings (SSSR count). The quantitative estimate of drug-likeness (QED) is 0.340. The Balaban J connectivity index is 1.65. The first-order valence-corrected chi connectivity index (χ1v) is 13.8. The number of carbonyl (C=O) groups is 2. The first-order chi connectivity index (χ1) is 18.4. The molecule has 5 nitrogen and oxygen atoms in total. The van der Waals surface area contributed by atoms with Crippen molar-refractivity contribution in [1.29, 1.82) is 0 Å². The Hall–Kier alpha value is -3.31. The van der Waals surface area contributed by atoms with E-state index in [9.17, 15) is 9.59 Å². The average molecular weight is 532 g/mol. The lowest BCUT2D eigenvalue weighted by atomic mass is 9.71. The van der Waals surface area contributed by atoms with E-state index in [4.69, 9.17) is 21.1 Å². The standard InChI is InChI=1S/C32H34ClNO4/c1-4-10-20-17-22(18-28(37-5-2)32(20)38-19-21-11-6-7-12-23(21)33)29-30-24(13-8-15-26(30)35)34(3)25-14-9-16-27(36)31(25)29/h4,6-7,11-12,17-18,29H,1,5,8-10,13-16,19H2,2-3H3. The van der Waals surface area contributed by atoms with Crippen molar-refractivity contribution in [2.75, 3.05) is 13.7 Å². The summed E-state index contributed by atoms with van der Waals surface area (Å²) in [5.74, 6) is 1.11. The first-order valence-electron chi connectivity index (χ1n) is 13.5. The maximum Gasteiger partial charge on any atom is 0.165 e. The van der Waals surface area contributed by atoms with Crippen LogP contribution in [0.1, 0.15) is 68.1 Å². The van der Waals surface area contributed by atoms with Crippen LogP contribution in [-0.4, -0.2) is 30.1 Å². The molecule has 198 valence electrons. The molecule has 38 heavy (non-hydrogen) atoms. The van der Waals surface area contributed by atoms with Gasteiger partial charge < -0.3 is 14.4 Å². The highest BCUT2D eigenvalue weighted by Crippen LogP contribution is 2.50. The van der Waals surface area contributed by atoms with E-state index in [0.29, 0.717) is 49.0 Å². The third-order valence-corrected chi connectivity index (χ3v) is 8.09. The minimum Gasteiger partial charge on any atom is -0.490 e. The fourth-order valence-electron chi connectivity index (χ4n) is 6.04. The van der Waals surface area contributed by atoms with Gasteiger partial charge in [-0.05, 0) is 56.7 Å². The number of Topliss-reactive ketones (excluding diaryl/α,β-unsaturated/α-hetero) is 2. The Bertz CT molecular complexity index is 1310. The van der Waals surface area contributed by atoms with Crippen LogP contribution >= 0.6 is 11.6 Å². The summed E-state index contributed by atoms with van der Waals surface area (Å²) in [6.07, 6.45) is 6.77. The SMILES string of the molecule is C=CCc1cc(C2C3=C(CCCC3=O)N(C)C3=C2C(=O)CCC3)cc(OCC)c1OCc1ccccc1Cl. The lowest BCUT2D eigenvalue weighted by Gasteiger charge is -2.42. The fourth-order valence-corrected chi connectivity index (χ4v) is 6.23. The van der Waals surface area contributed by atoms with E-state index in [1.165, 1.54) is 0 Å². The zero-order chi connectivity index (χ0) is 26.8.